The van der Waals surface area contributed by atoms with E-state index in [1.54, 1.807) is 62.6 Å². The van der Waals surface area contributed by atoms with E-state index in [0.29, 0.717) is 24.4 Å². The van der Waals surface area contributed by atoms with Crippen molar-refractivity contribution in [1.82, 2.24) is 10.2 Å². The number of hydrogen-bond acceptors (Lipinski definition) is 5. The highest BCUT2D eigenvalue weighted by atomic mass is 32.2. The van der Waals surface area contributed by atoms with Gasteiger partial charge in [0.05, 0.1) is 17.7 Å². The summed E-state index contributed by atoms with van der Waals surface area (Å²) in [5, 5.41) is 2.90. The molecule has 8 nitrogen and oxygen atoms in total. The van der Waals surface area contributed by atoms with Crippen LogP contribution in [-0.4, -0.2) is 51.4 Å². The van der Waals surface area contributed by atoms with Crippen molar-refractivity contribution in [2.45, 2.75) is 64.4 Å². The van der Waals surface area contributed by atoms with E-state index >= 15 is 0 Å². The van der Waals surface area contributed by atoms with Crippen LogP contribution >= 0.6 is 0 Å². The molecule has 3 aromatic rings. The van der Waals surface area contributed by atoms with Crippen molar-refractivity contribution in [2.75, 3.05) is 24.5 Å². The number of nitrogens with zero attached hydrogens (tertiary/aromatic N) is 2. The second-order valence-corrected chi connectivity index (χ2v) is 11.9. The number of sulfonamides is 1. The van der Waals surface area contributed by atoms with Gasteiger partial charge in [0.1, 0.15) is 18.3 Å². The van der Waals surface area contributed by atoms with Crippen molar-refractivity contribution in [3.05, 3.63) is 89.5 Å². The zero-order valence-electron chi connectivity index (χ0n) is 24.6. The normalized spacial score (nSPS) is 11.9. The van der Waals surface area contributed by atoms with Gasteiger partial charge in [-0.2, -0.15) is 0 Å². The van der Waals surface area contributed by atoms with Gasteiger partial charge in [0.15, 0.2) is 0 Å². The molecular formula is C32H41N3O5S. The van der Waals surface area contributed by atoms with Gasteiger partial charge in [-0.3, -0.25) is 13.9 Å². The predicted molar refractivity (Wildman–Crippen MR) is 162 cm³/mol. The molecule has 3 aromatic carbocycles. The Bertz CT molecular complexity index is 1420. The molecule has 9 heteroatoms. The summed E-state index contributed by atoms with van der Waals surface area (Å²) in [6.45, 7) is 7.65. The van der Waals surface area contributed by atoms with E-state index < -0.39 is 28.5 Å². The van der Waals surface area contributed by atoms with Crippen LogP contribution in [0.5, 0.6) is 5.75 Å². The van der Waals surface area contributed by atoms with Gasteiger partial charge in [0, 0.05) is 13.1 Å². The molecule has 0 saturated heterocycles. The minimum Gasteiger partial charge on any atom is -0.497 e. The molecule has 0 aliphatic carbocycles. The third kappa shape index (κ3) is 8.10. The zero-order valence-corrected chi connectivity index (χ0v) is 25.4. The predicted octanol–water partition coefficient (Wildman–Crippen LogP) is 5.09. The Hall–Kier alpha value is -3.85. The van der Waals surface area contributed by atoms with Crippen LogP contribution in [0.2, 0.25) is 0 Å². The number of benzene rings is 3. The molecule has 0 saturated carbocycles. The van der Waals surface area contributed by atoms with Crippen LogP contribution in [0.25, 0.3) is 0 Å². The summed E-state index contributed by atoms with van der Waals surface area (Å²) in [5.41, 5.74) is 2.91. The maximum atomic E-state index is 14.1. The van der Waals surface area contributed by atoms with Crippen molar-refractivity contribution < 1.29 is 22.7 Å². The monoisotopic (exact) mass is 579 g/mol. The average molecular weight is 580 g/mol. The Balaban J connectivity index is 2.04. The summed E-state index contributed by atoms with van der Waals surface area (Å²) in [7, 11) is -2.55. The number of rotatable bonds is 14. The van der Waals surface area contributed by atoms with Crippen LogP contribution in [0.3, 0.4) is 0 Å². The smallest absolute Gasteiger partial charge is 0.264 e. The molecular weight excluding hydrogens is 538 g/mol. The molecule has 0 spiro atoms. The van der Waals surface area contributed by atoms with Crippen molar-refractivity contribution in [2.24, 2.45) is 0 Å². The Morgan fingerprint density at radius 3 is 2.34 bits per heavy atom. The molecule has 0 radical (unpaired) electrons. The number of carbonyl (C=O) groups excluding carboxylic acids is 2. The Morgan fingerprint density at radius 2 is 1.68 bits per heavy atom. The summed E-state index contributed by atoms with van der Waals surface area (Å²) in [6.07, 6.45) is 2.32. The highest BCUT2D eigenvalue weighted by Crippen LogP contribution is 2.28. The molecule has 0 unspecified atom stereocenters. The van der Waals surface area contributed by atoms with Gasteiger partial charge in [0.2, 0.25) is 11.8 Å². The fourth-order valence-electron chi connectivity index (χ4n) is 4.49. The van der Waals surface area contributed by atoms with Gasteiger partial charge in [-0.25, -0.2) is 8.42 Å². The van der Waals surface area contributed by atoms with Crippen molar-refractivity contribution in [3.8, 4) is 5.75 Å². The first-order chi connectivity index (χ1) is 19.6. The lowest BCUT2D eigenvalue weighted by atomic mass is 10.1. The third-order valence-electron chi connectivity index (χ3n) is 7.01. The maximum Gasteiger partial charge on any atom is 0.264 e. The number of anilines is 1. The molecule has 0 fully saturated rings. The van der Waals surface area contributed by atoms with E-state index in [4.69, 9.17) is 4.74 Å². The first-order valence-corrected chi connectivity index (χ1v) is 15.4. The number of nitrogens with one attached hydrogen (secondary N) is 1. The van der Waals surface area contributed by atoms with Crippen LogP contribution in [0.1, 0.15) is 50.3 Å². The topological polar surface area (TPSA) is 96.0 Å². The van der Waals surface area contributed by atoms with Gasteiger partial charge in [-0.05, 0) is 68.1 Å². The van der Waals surface area contributed by atoms with Crippen LogP contribution < -0.4 is 14.4 Å². The molecule has 0 bridgehead atoms. The lowest BCUT2D eigenvalue weighted by Gasteiger charge is -2.32. The number of methoxy groups -OCH3 is 1. The Labute approximate surface area is 244 Å². The van der Waals surface area contributed by atoms with Gasteiger partial charge in [-0.1, -0.05) is 68.3 Å². The number of hydrogen-bond donors (Lipinski definition) is 1. The minimum atomic E-state index is -4.11. The third-order valence-corrected chi connectivity index (χ3v) is 8.79. The number of unbranched alkanes of at least 4 members (excludes halogenated alkanes) is 1. The summed E-state index contributed by atoms with van der Waals surface area (Å²) < 4.78 is 34.6. The number of ether oxygens (including phenoxy) is 1. The van der Waals surface area contributed by atoms with Crippen molar-refractivity contribution in [3.63, 3.8) is 0 Å². The molecule has 220 valence electrons. The molecule has 41 heavy (non-hydrogen) atoms. The summed E-state index contributed by atoms with van der Waals surface area (Å²) >= 11 is 0. The van der Waals surface area contributed by atoms with Gasteiger partial charge < -0.3 is 15.0 Å². The van der Waals surface area contributed by atoms with Gasteiger partial charge >= 0.3 is 0 Å². The van der Waals surface area contributed by atoms with E-state index in [1.165, 1.54) is 9.21 Å². The van der Waals surface area contributed by atoms with Crippen LogP contribution in [0.15, 0.2) is 77.7 Å². The van der Waals surface area contributed by atoms with Crippen LogP contribution in [-0.2, 0) is 32.6 Å². The molecule has 2 amide bonds. The van der Waals surface area contributed by atoms with E-state index in [9.17, 15) is 18.0 Å². The number of carbonyl (C=O) groups is 2. The number of amides is 2. The van der Waals surface area contributed by atoms with Gasteiger partial charge in [0.25, 0.3) is 10.0 Å². The molecule has 0 heterocycles. The molecule has 0 aromatic heterocycles. The molecule has 3 rings (SSSR count). The van der Waals surface area contributed by atoms with Crippen molar-refractivity contribution in [1.29, 1.82) is 0 Å². The lowest BCUT2D eigenvalue weighted by molar-refractivity contribution is -0.139. The molecule has 1 atom stereocenters. The first-order valence-electron chi connectivity index (χ1n) is 14.0. The lowest BCUT2D eigenvalue weighted by Crippen LogP contribution is -2.51. The van der Waals surface area contributed by atoms with E-state index in [0.717, 1.165) is 29.5 Å². The maximum absolute atomic E-state index is 14.1. The fraction of sp³-hybridized carbons (Fsp3) is 0.375. The van der Waals surface area contributed by atoms with Crippen LogP contribution in [0.4, 0.5) is 5.69 Å². The Morgan fingerprint density at radius 1 is 0.976 bits per heavy atom. The summed E-state index contributed by atoms with van der Waals surface area (Å²) in [5.74, 6) is -0.167. The largest absolute Gasteiger partial charge is 0.497 e. The standard InChI is InChI=1S/C32H41N3O5S/c1-6-8-20-33-32(37)25(4)34(22-26-12-11-14-28(21-26)40-5)31(36)23-35(30-15-10-9-13-27(30)7-2)41(38,39)29-18-16-24(3)17-19-29/h9-19,21,25H,6-8,20,22-23H2,1-5H3,(H,33,37)/t25-/m0/s1. The van der Waals surface area contributed by atoms with Crippen LogP contribution in [0, 0.1) is 6.92 Å². The minimum absolute atomic E-state index is 0.0894. The molecule has 1 N–H and O–H groups in total. The SMILES string of the molecule is CCCCNC(=O)[C@H](C)N(Cc1cccc(OC)c1)C(=O)CN(c1ccccc1CC)S(=O)(=O)c1ccc(C)cc1. The highest BCUT2D eigenvalue weighted by Gasteiger charge is 2.33. The zero-order chi connectivity index (χ0) is 30.0. The summed E-state index contributed by atoms with van der Waals surface area (Å²) in [4.78, 5) is 28.7. The Kier molecular flexibility index (Phi) is 11.3. The highest BCUT2D eigenvalue weighted by molar-refractivity contribution is 7.92. The molecule has 0 aliphatic rings. The second kappa shape index (κ2) is 14.7. The quantitative estimate of drug-likeness (QED) is 0.268. The number of aryl methyl sites for hydroxylation is 2. The molecule has 0 aliphatic heterocycles. The first kappa shape index (κ1) is 31.7. The van der Waals surface area contributed by atoms with E-state index in [2.05, 4.69) is 5.32 Å². The van der Waals surface area contributed by atoms with Gasteiger partial charge in [-0.15, -0.1) is 0 Å². The summed E-state index contributed by atoms with van der Waals surface area (Å²) in [6, 6.07) is 20.2. The van der Waals surface area contributed by atoms with E-state index in [-0.39, 0.29) is 17.3 Å². The number of para-hydroxylation sites is 1. The van der Waals surface area contributed by atoms with E-state index in [1.807, 2.05) is 45.0 Å². The van der Waals surface area contributed by atoms with Crippen molar-refractivity contribution >= 4 is 27.5 Å². The fourth-order valence-corrected chi connectivity index (χ4v) is 5.94. The average Bonchev–Trinajstić information content (AvgIpc) is 2.98. The second-order valence-electron chi connectivity index (χ2n) is 10.0.